The summed E-state index contributed by atoms with van der Waals surface area (Å²) >= 11 is 0. The molecule has 0 aliphatic carbocycles. The Labute approximate surface area is 116 Å². The minimum absolute atomic E-state index is 0.349. The molecule has 0 fully saturated rings. The molecule has 1 atom stereocenters. The van der Waals surface area contributed by atoms with E-state index in [1.165, 1.54) is 0 Å². The first-order chi connectivity index (χ1) is 9.46. The number of oxime groups is 1. The molecule has 0 spiro atoms. The molecule has 0 bridgehead atoms. The van der Waals surface area contributed by atoms with Gasteiger partial charge in [0.1, 0.15) is 17.6 Å². The number of benzene rings is 2. The molecule has 1 aliphatic rings. The van der Waals surface area contributed by atoms with Gasteiger partial charge in [0, 0.05) is 0 Å². The van der Waals surface area contributed by atoms with E-state index in [-0.39, 0.29) is 6.10 Å². The SMILES string of the molecule is CC1Oc2ccc3ccccc3c2/C1=N/OS(C)(=O)=O. The minimum atomic E-state index is -3.63. The Balaban J connectivity index is 2.20. The maximum absolute atomic E-state index is 11.1. The molecule has 0 aromatic heterocycles. The van der Waals surface area contributed by atoms with E-state index in [2.05, 4.69) is 9.44 Å². The van der Waals surface area contributed by atoms with E-state index in [0.29, 0.717) is 11.5 Å². The lowest BCUT2D eigenvalue weighted by molar-refractivity contribution is 0.292. The van der Waals surface area contributed by atoms with Crippen LogP contribution in [0.2, 0.25) is 0 Å². The standard InChI is InChI=1S/C14H13NO4S/c1-9-14(15-19-20(2,16)17)13-11-6-4-3-5-10(11)7-8-12(13)18-9/h3-9H,1-2H3/b15-14+. The molecule has 0 saturated heterocycles. The van der Waals surface area contributed by atoms with E-state index in [1.54, 1.807) is 6.92 Å². The zero-order chi connectivity index (χ0) is 14.3. The highest BCUT2D eigenvalue weighted by molar-refractivity contribution is 7.85. The molecule has 2 aromatic rings. The van der Waals surface area contributed by atoms with Crippen molar-refractivity contribution in [2.24, 2.45) is 5.16 Å². The molecule has 1 unspecified atom stereocenters. The van der Waals surface area contributed by atoms with E-state index in [4.69, 9.17) is 4.74 Å². The summed E-state index contributed by atoms with van der Waals surface area (Å²) in [6.07, 6.45) is 0.610. The van der Waals surface area contributed by atoms with Gasteiger partial charge in [0.05, 0.1) is 11.8 Å². The van der Waals surface area contributed by atoms with Crippen LogP contribution in [-0.2, 0) is 14.4 Å². The van der Waals surface area contributed by atoms with Crippen LogP contribution in [0.1, 0.15) is 12.5 Å². The molecule has 20 heavy (non-hydrogen) atoms. The van der Waals surface area contributed by atoms with E-state index < -0.39 is 10.1 Å². The molecule has 5 nitrogen and oxygen atoms in total. The summed E-state index contributed by atoms with van der Waals surface area (Å²) in [6, 6.07) is 11.6. The largest absolute Gasteiger partial charge is 0.484 e. The zero-order valence-corrected chi connectivity index (χ0v) is 11.8. The summed E-state index contributed by atoms with van der Waals surface area (Å²) in [5.74, 6) is 0.687. The van der Waals surface area contributed by atoms with Gasteiger partial charge in [-0.1, -0.05) is 35.5 Å². The second-order valence-electron chi connectivity index (χ2n) is 4.68. The normalized spacial score (nSPS) is 19.9. The lowest BCUT2D eigenvalue weighted by Gasteiger charge is -2.04. The highest BCUT2D eigenvalue weighted by atomic mass is 32.2. The summed E-state index contributed by atoms with van der Waals surface area (Å²) in [4.78, 5) is 0. The van der Waals surface area contributed by atoms with Crippen LogP contribution in [0.4, 0.5) is 0 Å². The molecule has 0 amide bonds. The first kappa shape index (κ1) is 12.9. The van der Waals surface area contributed by atoms with Gasteiger partial charge in [-0.2, -0.15) is 8.42 Å². The van der Waals surface area contributed by atoms with Crippen LogP contribution >= 0.6 is 0 Å². The van der Waals surface area contributed by atoms with Gasteiger partial charge < -0.3 is 4.74 Å². The quantitative estimate of drug-likeness (QED) is 0.796. The highest BCUT2D eigenvalue weighted by Gasteiger charge is 2.30. The third kappa shape index (κ3) is 2.22. The van der Waals surface area contributed by atoms with E-state index >= 15 is 0 Å². The van der Waals surface area contributed by atoms with Gasteiger partial charge in [0.2, 0.25) is 0 Å². The fourth-order valence-corrected chi connectivity index (χ4v) is 2.51. The number of fused-ring (bicyclic) bond motifs is 3. The number of ether oxygens (including phenoxy) is 1. The Morgan fingerprint density at radius 3 is 2.70 bits per heavy atom. The van der Waals surface area contributed by atoms with Crippen molar-refractivity contribution in [3.63, 3.8) is 0 Å². The maximum atomic E-state index is 11.1. The van der Waals surface area contributed by atoms with Crippen LogP contribution in [0, 0.1) is 0 Å². The molecule has 6 heteroatoms. The molecule has 104 valence electrons. The predicted octanol–water partition coefficient (Wildman–Crippen LogP) is 2.30. The Hall–Kier alpha value is -2.08. The van der Waals surface area contributed by atoms with E-state index in [0.717, 1.165) is 22.6 Å². The van der Waals surface area contributed by atoms with Crippen LogP contribution in [0.15, 0.2) is 41.6 Å². The summed E-state index contributed by atoms with van der Waals surface area (Å²) in [5, 5.41) is 5.77. The van der Waals surface area contributed by atoms with Gasteiger partial charge in [-0.25, -0.2) is 0 Å². The van der Waals surface area contributed by atoms with Crippen LogP contribution in [0.3, 0.4) is 0 Å². The van der Waals surface area contributed by atoms with Crippen LogP contribution in [-0.4, -0.2) is 26.5 Å². The van der Waals surface area contributed by atoms with E-state index in [1.807, 2.05) is 36.4 Å². The molecular weight excluding hydrogens is 278 g/mol. The van der Waals surface area contributed by atoms with Crippen LogP contribution < -0.4 is 4.74 Å². The smallest absolute Gasteiger partial charge is 0.325 e. The third-order valence-electron chi connectivity index (χ3n) is 3.11. The molecule has 0 saturated carbocycles. The Kier molecular flexibility index (Phi) is 2.90. The van der Waals surface area contributed by atoms with Crippen molar-refractivity contribution in [1.82, 2.24) is 0 Å². The number of nitrogens with zero attached hydrogens (tertiary/aromatic N) is 1. The van der Waals surface area contributed by atoms with Gasteiger partial charge >= 0.3 is 10.1 Å². The van der Waals surface area contributed by atoms with Crippen molar-refractivity contribution < 1.29 is 17.4 Å². The van der Waals surface area contributed by atoms with Crippen molar-refractivity contribution >= 4 is 26.6 Å². The van der Waals surface area contributed by atoms with Gasteiger partial charge in [-0.15, -0.1) is 0 Å². The number of hydrogen-bond donors (Lipinski definition) is 0. The van der Waals surface area contributed by atoms with Crippen molar-refractivity contribution in [1.29, 1.82) is 0 Å². The Morgan fingerprint density at radius 2 is 1.95 bits per heavy atom. The predicted molar refractivity (Wildman–Crippen MR) is 76.5 cm³/mol. The minimum Gasteiger partial charge on any atom is -0.484 e. The van der Waals surface area contributed by atoms with Crippen molar-refractivity contribution in [2.75, 3.05) is 6.26 Å². The maximum Gasteiger partial charge on any atom is 0.325 e. The van der Waals surface area contributed by atoms with Gasteiger partial charge in [0.15, 0.2) is 0 Å². The monoisotopic (exact) mass is 291 g/mol. The molecule has 3 rings (SSSR count). The number of rotatable bonds is 2. The summed E-state index contributed by atoms with van der Waals surface area (Å²) < 4.78 is 32.5. The first-order valence-corrected chi connectivity index (χ1v) is 7.92. The molecular formula is C14H13NO4S. The third-order valence-corrected chi connectivity index (χ3v) is 3.45. The highest BCUT2D eigenvalue weighted by Crippen LogP contribution is 2.35. The van der Waals surface area contributed by atoms with Gasteiger partial charge in [-0.3, -0.25) is 4.28 Å². The van der Waals surface area contributed by atoms with Crippen molar-refractivity contribution in [3.05, 3.63) is 42.0 Å². The van der Waals surface area contributed by atoms with Gasteiger partial charge in [0.25, 0.3) is 0 Å². The fourth-order valence-electron chi connectivity index (χ4n) is 2.29. The van der Waals surface area contributed by atoms with Crippen molar-refractivity contribution in [2.45, 2.75) is 13.0 Å². The topological polar surface area (TPSA) is 65.0 Å². The van der Waals surface area contributed by atoms with Crippen molar-refractivity contribution in [3.8, 4) is 5.75 Å². The zero-order valence-electron chi connectivity index (χ0n) is 11.0. The second kappa shape index (κ2) is 4.49. The Bertz CT molecular complexity index is 811. The lowest BCUT2D eigenvalue weighted by atomic mass is 10.00. The summed E-state index contributed by atoms with van der Waals surface area (Å²) in [7, 11) is -3.63. The Morgan fingerprint density at radius 1 is 1.20 bits per heavy atom. The molecule has 1 aliphatic heterocycles. The first-order valence-electron chi connectivity index (χ1n) is 6.11. The lowest BCUT2D eigenvalue weighted by Crippen LogP contribution is -2.17. The van der Waals surface area contributed by atoms with Crippen LogP contribution in [0.5, 0.6) is 5.75 Å². The molecule has 0 N–H and O–H groups in total. The average Bonchev–Trinajstić information content (AvgIpc) is 2.71. The molecule has 1 heterocycles. The fraction of sp³-hybridized carbons (Fsp3) is 0.214. The molecule has 2 aromatic carbocycles. The molecule has 0 radical (unpaired) electrons. The van der Waals surface area contributed by atoms with Gasteiger partial charge in [-0.05, 0) is 23.8 Å². The average molecular weight is 291 g/mol. The summed E-state index contributed by atoms with van der Waals surface area (Å²) in [6.45, 7) is 1.80. The number of hydrogen-bond acceptors (Lipinski definition) is 5. The summed E-state index contributed by atoms with van der Waals surface area (Å²) in [5.41, 5.74) is 1.28. The van der Waals surface area contributed by atoms with Crippen LogP contribution in [0.25, 0.3) is 10.8 Å². The second-order valence-corrected chi connectivity index (χ2v) is 6.23. The van der Waals surface area contributed by atoms with E-state index in [9.17, 15) is 8.42 Å².